The van der Waals surface area contributed by atoms with Crippen molar-refractivity contribution in [1.82, 2.24) is 4.90 Å². The molecule has 3 heteroatoms. The molecular weight excluding hydrogens is 238 g/mol. The van der Waals surface area contributed by atoms with E-state index in [0.717, 1.165) is 18.7 Å². The van der Waals surface area contributed by atoms with Crippen LogP contribution in [-0.4, -0.2) is 30.0 Å². The van der Waals surface area contributed by atoms with Gasteiger partial charge in [-0.3, -0.25) is 4.79 Å². The molecule has 1 aromatic carbocycles. The van der Waals surface area contributed by atoms with Gasteiger partial charge in [0.2, 0.25) is 0 Å². The van der Waals surface area contributed by atoms with Gasteiger partial charge in [0.25, 0.3) is 0 Å². The van der Waals surface area contributed by atoms with Gasteiger partial charge in [-0.25, -0.2) is 0 Å². The van der Waals surface area contributed by atoms with Crippen LogP contribution >= 0.6 is 0 Å². The van der Waals surface area contributed by atoms with Crippen LogP contribution in [0.2, 0.25) is 0 Å². The van der Waals surface area contributed by atoms with Gasteiger partial charge in [0.15, 0.2) is 0 Å². The Balaban J connectivity index is 1.47. The summed E-state index contributed by atoms with van der Waals surface area (Å²) in [5, 5.41) is 0. The van der Waals surface area contributed by atoms with Gasteiger partial charge in [0, 0.05) is 19.1 Å². The first-order valence-corrected chi connectivity index (χ1v) is 7.11. The number of hydrogen-bond donors (Lipinski definition) is 0. The highest BCUT2D eigenvalue weighted by molar-refractivity contribution is 5.77. The molecule has 2 fully saturated rings. The van der Waals surface area contributed by atoms with Gasteiger partial charge in [0.05, 0.1) is 5.92 Å². The molecule has 19 heavy (non-hydrogen) atoms. The average molecular weight is 259 g/mol. The molecule has 0 radical (unpaired) electrons. The van der Waals surface area contributed by atoms with Crippen molar-refractivity contribution in [3.8, 4) is 0 Å². The quantitative estimate of drug-likeness (QED) is 0.777. The summed E-state index contributed by atoms with van der Waals surface area (Å²) in [5.41, 5.74) is 1.06. The second-order valence-corrected chi connectivity index (χ2v) is 5.99. The van der Waals surface area contributed by atoms with E-state index in [1.165, 1.54) is 0 Å². The molecule has 1 aromatic rings. The summed E-state index contributed by atoms with van der Waals surface area (Å²) in [7, 11) is 0. The Hall–Kier alpha value is -1.35. The Morgan fingerprint density at radius 1 is 1.26 bits per heavy atom. The standard InChI is InChI=1S/C16H21NO2/c1-11(2)17-8-13-14(9-17)15(13)16(18)19-10-12-6-4-3-5-7-12/h3-7,11,13-15H,8-10H2,1-2H3. The van der Waals surface area contributed by atoms with E-state index in [-0.39, 0.29) is 11.9 Å². The highest BCUT2D eigenvalue weighted by Gasteiger charge is 2.60. The molecule has 1 saturated carbocycles. The Morgan fingerprint density at radius 3 is 2.47 bits per heavy atom. The van der Waals surface area contributed by atoms with Gasteiger partial charge < -0.3 is 9.64 Å². The molecule has 1 heterocycles. The highest BCUT2D eigenvalue weighted by atomic mass is 16.5. The third kappa shape index (κ3) is 2.52. The predicted molar refractivity (Wildman–Crippen MR) is 73.4 cm³/mol. The Bertz CT molecular complexity index is 445. The summed E-state index contributed by atoms with van der Waals surface area (Å²) in [6.07, 6.45) is 0. The molecule has 1 aliphatic heterocycles. The normalized spacial score (nSPS) is 29.3. The number of rotatable bonds is 4. The lowest BCUT2D eigenvalue weighted by Gasteiger charge is -2.23. The Kier molecular flexibility index (Phi) is 3.31. The van der Waals surface area contributed by atoms with Crippen molar-refractivity contribution in [2.75, 3.05) is 13.1 Å². The molecule has 3 rings (SSSR count). The van der Waals surface area contributed by atoms with Crippen molar-refractivity contribution in [2.24, 2.45) is 17.8 Å². The van der Waals surface area contributed by atoms with E-state index < -0.39 is 0 Å². The number of ether oxygens (including phenoxy) is 1. The van der Waals surface area contributed by atoms with Gasteiger partial charge in [-0.1, -0.05) is 30.3 Å². The largest absolute Gasteiger partial charge is 0.461 e. The van der Waals surface area contributed by atoms with Crippen LogP contribution in [0.1, 0.15) is 19.4 Å². The highest BCUT2D eigenvalue weighted by Crippen LogP contribution is 2.52. The maximum Gasteiger partial charge on any atom is 0.309 e. The van der Waals surface area contributed by atoms with Crippen molar-refractivity contribution in [3.05, 3.63) is 35.9 Å². The first-order chi connectivity index (χ1) is 9.16. The number of carbonyl (C=O) groups is 1. The summed E-state index contributed by atoms with van der Waals surface area (Å²) < 4.78 is 5.43. The van der Waals surface area contributed by atoms with Crippen molar-refractivity contribution < 1.29 is 9.53 Å². The van der Waals surface area contributed by atoms with E-state index in [1.54, 1.807) is 0 Å². The summed E-state index contributed by atoms with van der Waals surface area (Å²) in [6, 6.07) is 10.5. The zero-order chi connectivity index (χ0) is 13.4. The topological polar surface area (TPSA) is 29.5 Å². The van der Waals surface area contributed by atoms with E-state index >= 15 is 0 Å². The fourth-order valence-corrected chi connectivity index (χ4v) is 3.16. The van der Waals surface area contributed by atoms with E-state index in [0.29, 0.717) is 24.5 Å². The molecule has 2 aliphatic rings. The van der Waals surface area contributed by atoms with Gasteiger partial charge in [0.1, 0.15) is 6.61 Å². The van der Waals surface area contributed by atoms with Gasteiger partial charge >= 0.3 is 5.97 Å². The summed E-state index contributed by atoms with van der Waals surface area (Å²) in [4.78, 5) is 14.5. The molecule has 0 amide bonds. The summed E-state index contributed by atoms with van der Waals surface area (Å²) in [5.74, 6) is 1.26. The number of fused-ring (bicyclic) bond motifs is 1. The number of benzene rings is 1. The lowest BCUT2D eigenvalue weighted by molar-refractivity contribution is -0.147. The van der Waals surface area contributed by atoms with Gasteiger partial charge in [-0.05, 0) is 31.2 Å². The molecule has 0 bridgehead atoms. The second kappa shape index (κ2) is 4.97. The second-order valence-electron chi connectivity index (χ2n) is 5.99. The van der Waals surface area contributed by atoms with E-state index in [1.807, 2.05) is 30.3 Å². The Labute approximate surface area is 114 Å². The number of nitrogens with zero attached hydrogens (tertiary/aromatic N) is 1. The van der Waals surface area contributed by atoms with Crippen LogP contribution in [0.15, 0.2) is 30.3 Å². The minimum Gasteiger partial charge on any atom is -0.461 e. The number of esters is 1. The van der Waals surface area contributed by atoms with Crippen LogP contribution in [-0.2, 0) is 16.1 Å². The minimum atomic E-state index is 0.00209. The van der Waals surface area contributed by atoms with E-state index in [4.69, 9.17) is 4.74 Å². The van der Waals surface area contributed by atoms with Crippen LogP contribution in [0.5, 0.6) is 0 Å². The molecule has 3 nitrogen and oxygen atoms in total. The molecule has 0 spiro atoms. The number of piperidine rings is 1. The predicted octanol–water partition coefficient (Wildman–Crippen LogP) is 2.32. The fourth-order valence-electron chi connectivity index (χ4n) is 3.16. The number of carbonyl (C=O) groups excluding carboxylic acids is 1. The average Bonchev–Trinajstić information content (AvgIpc) is 2.91. The molecule has 1 saturated heterocycles. The monoisotopic (exact) mass is 259 g/mol. The molecule has 0 N–H and O–H groups in total. The van der Waals surface area contributed by atoms with Crippen molar-refractivity contribution in [1.29, 1.82) is 0 Å². The molecule has 102 valence electrons. The van der Waals surface area contributed by atoms with Gasteiger partial charge in [-0.2, -0.15) is 0 Å². The Morgan fingerprint density at radius 2 is 1.89 bits per heavy atom. The van der Waals surface area contributed by atoms with Crippen molar-refractivity contribution in [3.63, 3.8) is 0 Å². The summed E-state index contributed by atoms with van der Waals surface area (Å²) >= 11 is 0. The first-order valence-electron chi connectivity index (χ1n) is 7.11. The van der Waals surface area contributed by atoms with Crippen molar-refractivity contribution >= 4 is 5.97 Å². The third-order valence-electron chi connectivity index (χ3n) is 4.45. The molecule has 0 aromatic heterocycles. The molecular formula is C16H21NO2. The van der Waals surface area contributed by atoms with Crippen molar-refractivity contribution in [2.45, 2.75) is 26.5 Å². The maximum absolute atomic E-state index is 12.0. The van der Waals surface area contributed by atoms with Crippen LogP contribution in [0.25, 0.3) is 0 Å². The maximum atomic E-state index is 12.0. The van der Waals surface area contributed by atoms with Crippen LogP contribution in [0.4, 0.5) is 0 Å². The first kappa shape index (κ1) is 12.7. The van der Waals surface area contributed by atoms with Crippen LogP contribution in [0, 0.1) is 17.8 Å². The molecule has 1 aliphatic carbocycles. The zero-order valence-electron chi connectivity index (χ0n) is 11.6. The smallest absolute Gasteiger partial charge is 0.309 e. The fraction of sp³-hybridized carbons (Fsp3) is 0.562. The summed E-state index contributed by atoms with van der Waals surface area (Å²) in [6.45, 7) is 6.96. The van der Waals surface area contributed by atoms with E-state index in [9.17, 15) is 4.79 Å². The SMILES string of the molecule is CC(C)N1CC2C(C1)C2C(=O)OCc1ccccc1. The minimum absolute atomic E-state index is 0.00209. The number of likely N-dealkylation sites (tertiary alicyclic amines) is 1. The van der Waals surface area contributed by atoms with Gasteiger partial charge in [-0.15, -0.1) is 0 Å². The van der Waals surface area contributed by atoms with Crippen LogP contribution in [0.3, 0.4) is 0 Å². The lowest BCUT2D eigenvalue weighted by atomic mass is 10.2. The molecule has 2 unspecified atom stereocenters. The lowest BCUT2D eigenvalue weighted by Crippen LogP contribution is -2.32. The zero-order valence-corrected chi connectivity index (χ0v) is 11.6. The van der Waals surface area contributed by atoms with E-state index in [2.05, 4.69) is 18.7 Å². The third-order valence-corrected chi connectivity index (χ3v) is 4.45. The molecule has 2 atom stereocenters. The van der Waals surface area contributed by atoms with Crippen LogP contribution < -0.4 is 0 Å². The number of hydrogen-bond acceptors (Lipinski definition) is 3.